The molecule has 15 heteroatoms. The van der Waals surface area contributed by atoms with E-state index in [9.17, 15) is 24.0 Å². The minimum absolute atomic E-state index is 0.0741. The number of hydrogen-bond acceptors (Lipinski definition) is 8. The van der Waals surface area contributed by atoms with E-state index in [1.165, 1.54) is 60.1 Å². The Morgan fingerprint density at radius 1 is 0.658 bits per heavy atom. The first-order valence-electron chi connectivity index (χ1n) is 10.9. The highest BCUT2D eigenvalue weighted by Crippen LogP contribution is 2.09. The number of carboxylic acids is 1. The van der Waals surface area contributed by atoms with Gasteiger partial charge in [-0.1, -0.05) is 0 Å². The Bertz CT molecular complexity index is 1790. The van der Waals surface area contributed by atoms with Crippen LogP contribution in [0.25, 0.3) is 22.3 Å². The highest BCUT2D eigenvalue weighted by molar-refractivity contribution is 5.87. The third-order valence-corrected chi connectivity index (χ3v) is 5.75. The van der Waals surface area contributed by atoms with Gasteiger partial charge in [-0.15, -0.1) is 0 Å². The molecular weight excluding hydrogens is 500 g/mol. The number of aryl methyl sites for hydroxylation is 4. The number of aromatic carboxylic acids is 1. The number of aromatic hydroxyl groups is 1. The zero-order valence-electron chi connectivity index (χ0n) is 21.5. The lowest BCUT2D eigenvalue weighted by Gasteiger charge is -2.02. The van der Waals surface area contributed by atoms with Gasteiger partial charge in [0.15, 0.2) is 22.3 Å². The van der Waals surface area contributed by atoms with Crippen molar-refractivity contribution < 1.29 is 15.0 Å². The summed E-state index contributed by atoms with van der Waals surface area (Å²) < 4.78 is 8.08. The molecule has 38 heavy (non-hydrogen) atoms. The molecule has 15 nitrogen and oxygen atoms in total. The lowest BCUT2D eigenvalue weighted by Crippen LogP contribution is -2.37. The first-order chi connectivity index (χ1) is 17.8. The molecule has 0 unspecified atom stereocenters. The molecule has 5 aromatic rings. The molecule has 0 aliphatic carbocycles. The standard InChI is InChI=1S/2C8H10N4O2.C7H6O3/c2*1-10-4-9-6-5(10)7(13)12(3)8(14)11(6)2;8-6-3-1-5(2-4-6)7(9)10/h2*4H,1-3H3;1-4,8H,(H,9,10). The summed E-state index contributed by atoms with van der Waals surface area (Å²) in [6, 6.07) is 5.36. The molecule has 4 heterocycles. The van der Waals surface area contributed by atoms with Gasteiger partial charge in [-0.3, -0.25) is 27.9 Å². The van der Waals surface area contributed by atoms with Crippen molar-refractivity contribution in [2.24, 2.45) is 42.3 Å². The quantitative estimate of drug-likeness (QED) is 0.278. The Morgan fingerprint density at radius 2 is 1.03 bits per heavy atom. The number of hydrogen-bond donors (Lipinski definition) is 2. The maximum absolute atomic E-state index is 11.7. The largest absolute Gasteiger partial charge is 0.508 e. The Kier molecular flexibility index (Phi) is 7.50. The van der Waals surface area contributed by atoms with Crippen LogP contribution < -0.4 is 22.5 Å². The Balaban J connectivity index is 0.000000161. The van der Waals surface area contributed by atoms with Gasteiger partial charge >= 0.3 is 17.3 Å². The number of carbonyl (C=O) groups is 1. The molecule has 5 rings (SSSR count). The molecule has 0 saturated carbocycles. The topological polar surface area (TPSA) is 181 Å². The fourth-order valence-electron chi connectivity index (χ4n) is 3.55. The van der Waals surface area contributed by atoms with Crippen molar-refractivity contribution in [3.63, 3.8) is 0 Å². The van der Waals surface area contributed by atoms with Crippen LogP contribution >= 0.6 is 0 Å². The third kappa shape index (κ3) is 4.88. The van der Waals surface area contributed by atoms with E-state index in [2.05, 4.69) is 9.97 Å². The first-order valence-corrected chi connectivity index (χ1v) is 10.9. The second-order valence-electron chi connectivity index (χ2n) is 8.32. The van der Waals surface area contributed by atoms with Crippen LogP contribution in [0.15, 0.2) is 56.1 Å². The summed E-state index contributed by atoms with van der Waals surface area (Å²) in [6.07, 6.45) is 3.04. The summed E-state index contributed by atoms with van der Waals surface area (Å²) in [7, 11) is 9.55. The van der Waals surface area contributed by atoms with Crippen LogP contribution in [-0.4, -0.2) is 53.6 Å². The Morgan fingerprint density at radius 3 is 1.37 bits per heavy atom. The fourth-order valence-corrected chi connectivity index (χ4v) is 3.55. The summed E-state index contributed by atoms with van der Waals surface area (Å²) in [5.41, 5.74) is 0.539. The van der Waals surface area contributed by atoms with Gasteiger partial charge in [-0.25, -0.2) is 24.4 Å². The van der Waals surface area contributed by atoms with Gasteiger partial charge in [0.05, 0.1) is 18.2 Å². The molecule has 1 aromatic carbocycles. The van der Waals surface area contributed by atoms with Gasteiger partial charge in [-0.05, 0) is 24.3 Å². The Hall–Kier alpha value is -5.21. The van der Waals surface area contributed by atoms with E-state index >= 15 is 0 Å². The van der Waals surface area contributed by atoms with Crippen LogP contribution in [0, 0.1) is 0 Å². The maximum atomic E-state index is 11.7. The average Bonchev–Trinajstić information content (AvgIpc) is 3.47. The molecule has 200 valence electrons. The molecule has 0 amide bonds. The summed E-state index contributed by atoms with van der Waals surface area (Å²) >= 11 is 0. The molecule has 0 aliphatic heterocycles. The number of nitrogens with zero attached hydrogens (tertiary/aromatic N) is 8. The van der Waals surface area contributed by atoms with E-state index < -0.39 is 5.97 Å². The molecule has 0 aliphatic rings. The summed E-state index contributed by atoms with van der Waals surface area (Å²) in [5.74, 6) is -0.912. The molecular formula is C23H26N8O7. The minimum atomic E-state index is -0.986. The number of imidazole rings is 2. The van der Waals surface area contributed by atoms with Crippen LogP contribution in [0.3, 0.4) is 0 Å². The number of aromatic nitrogens is 8. The zero-order valence-corrected chi connectivity index (χ0v) is 21.5. The second-order valence-corrected chi connectivity index (χ2v) is 8.32. The van der Waals surface area contributed by atoms with Crippen LogP contribution in [0.5, 0.6) is 5.75 Å². The van der Waals surface area contributed by atoms with E-state index in [-0.39, 0.29) is 33.8 Å². The van der Waals surface area contributed by atoms with Gasteiger partial charge < -0.3 is 19.3 Å². The van der Waals surface area contributed by atoms with Crippen molar-refractivity contribution in [1.29, 1.82) is 0 Å². The molecule has 0 spiro atoms. The fraction of sp³-hybridized carbons (Fsp3) is 0.261. The lowest BCUT2D eigenvalue weighted by molar-refractivity contribution is 0.0697. The van der Waals surface area contributed by atoms with E-state index in [1.807, 2.05) is 0 Å². The number of phenolic OH excluding ortho intramolecular Hbond substituents is 1. The predicted molar refractivity (Wildman–Crippen MR) is 137 cm³/mol. The maximum Gasteiger partial charge on any atom is 0.335 e. The van der Waals surface area contributed by atoms with E-state index in [0.717, 1.165) is 9.13 Å². The minimum Gasteiger partial charge on any atom is -0.508 e. The Labute approximate surface area is 213 Å². The summed E-state index contributed by atoms with van der Waals surface area (Å²) in [5, 5.41) is 17.1. The van der Waals surface area contributed by atoms with Crippen molar-refractivity contribution in [2.75, 3.05) is 0 Å². The van der Waals surface area contributed by atoms with E-state index in [1.54, 1.807) is 37.3 Å². The summed E-state index contributed by atoms with van der Waals surface area (Å²) in [4.78, 5) is 64.5. The molecule has 0 saturated heterocycles. The molecule has 4 aromatic heterocycles. The molecule has 0 fully saturated rings. The predicted octanol–water partition coefficient (Wildman–Crippen LogP) is -0.968. The molecule has 0 atom stereocenters. The van der Waals surface area contributed by atoms with Crippen LogP contribution in [0.2, 0.25) is 0 Å². The highest BCUT2D eigenvalue weighted by Gasteiger charge is 2.12. The normalized spacial score (nSPS) is 10.6. The van der Waals surface area contributed by atoms with Gasteiger partial charge in [0.1, 0.15) is 5.75 Å². The van der Waals surface area contributed by atoms with Crippen LogP contribution in [0.4, 0.5) is 0 Å². The molecule has 0 bridgehead atoms. The van der Waals surface area contributed by atoms with Crippen LogP contribution in [0.1, 0.15) is 10.4 Å². The van der Waals surface area contributed by atoms with E-state index in [0.29, 0.717) is 22.3 Å². The smallest absolute Gasteiger partial charge is 0.335 e. The molecule has 0 radical (unpaired) electrons. The number of rotatable bonds is 1. The number of phenols is 1. The number of carboxylic acid groups (broad SMARTS) is 1. The van der Waals surface area contributed by atoms with Crippen molar-refractivity contribution in [2.45, 2.75) is 0 Å². The van der Waals surface area contributed by atoms with E-state index in [4.69, 9.17) is 10.2 Å². The van der Waals surface area contributed by atoms with Crippen molar-refractivity contribution in [1.82, 2.24) is 37.4 Å². The average molecular weight is 527 g/mol. The SMILES string of the molecule is Cn1c(=O)c2c(ncn2C)n(C)c1=O.Cn1c(=O)c2c(ncn2C)n(C)c1=O.O=C(O)c1ccc(O)cc1. The third-order valence-electron chi connectivity index (χ3n) is 5.75. The highest BCUT2D eigenvalue weighted by atomic mass is 16.4. The lowest BCUT2D eigenvalue weighted by atomic mass is 10.2. The van der Waals surface area contributed by atoms with Crippen molar-refractivity contribution in [3.05, 3.63) is 84.2 Å². The monoisotopic (exact) mass is 526 g/mol. The van der Waals surface area contributed by atoms with Gasteiger partial charge in [0.2, 0.25) is 0 Å². The first kappa shape index (κ1) is 27.4. The number of benzene rings is 1. The van der Waals surface area contributed by atoms with Crippen molar-refractivity contribution >= 4 is 28.3 Å². The second kappa shape index (κ2) is 10.4. The van der Waals surface area contributed by atoms with Gasteiger partial charge in [-0.2, -0.15) is 0 Å². The number of fused-ring (bicyclic) bond motifs is 2. The summed E-state index contributed by atoms with van der Waals surface area (Å²) in [6.45, 7) is 0. The van der Waals surface area contributed by atoms with Gasteiger partial charge in [0.25, 0.3) is 11.1 Å². The van der Waals surface area contributed by atoms with Crippen molar-refractivity contribution in [3.8, 4) is 5.75 Å². The molecule has 2 N–H and O–H groups in total. The van der Waals surface area contributed by atoms with Crippen LogP contribution in [-0.2, 0) is 42.3 Å². The van der Waals surface area contributed by atoms with Gasteiger partial charge in [0, 0.05) is 42.3 Å². The zero-order chi connectivity index (χ0) is 28.5.